The minimum Gasteiger partial charge on any atom is -0.477 e. The average Bonchev–Trinajstić information content (AvgIpc) is 3.06. The van der Waals surface area contributed by atoms with E-state index in [9.17, 15) is 9.90 Å². The molecule has 0 saturated heterocycles. The first-order valence-corrected chi connectivity index (χ1v) is 9.28. The standard InChI is InChI=1S/C22H19ClN2O3/c1-12(13-3-6-15(23)7-4-13)14-5-8-18-16(9-14)20-17(11-28-2)21(22(26)27)24-10-19(20)25-18/h3-10,12,25H,11H2,1-2H3,(H,26,27). The Balaban J connectivity index is 1.92. The molecule has 2 N–H and O–H groups in total. The molecule has 2 heterocycles. The number of aromatic amines is 1. The lowest BCUT2D eigenvalue weighted by atomic mass is 9.92. The summed E-state index contributed by atoms with van der Waals surface area (Å²) in [7, 11) is 1.55. The van der Waals surface area contributed by atoms with Gasteiger partial charge in [-0.25, -0.2) is 9.78 Å². The molecule has 0 aliphatic rings. The Hall–Kier alpha value is -2.89. The van der Waals surface area contributed by atoms with E-state index >= 15 is 0 Å². The molecular formula is C22H19ClN2O3. The van der Waals surface area contributed by atoms with Crippen LogP contribution in [0.1, 0.15) is 40.0 Å². The fraction of sp³-hybridized carbons (Fsp3) is 0.182. The van der Waals surface area contributed by atoms with Gasteiger partial charge in [0.05, 0.1) is 18.3 Å². The third-order valence-corrected chi connectivity index (χ3v) is 5.38. The normalized spacial score (nSPS) is 12.5. The Morgan fingerprint density at radius 1 is 1.18 bits per heavy atom. The van der Waals surface area contributed by atoms with Gasteiger partial charge in [0.2, 0.25) is 0 Å². The van der Waals surface area contributed by atoms with Crippen LogP contribution < -0.4 is 0 Å². The van der Waals surface area contributed by atoms with Crippen LogP contribution in [0.2, 0.25) is 5.02 Å². The quantitative estimate of drug-likeness (QED) is 0.477. The summed E-state index contributed by atoms with van der Waals surface area (Å²) in [6, 6.07) is 14.0. The van der Waals surface area contributed by atoms with Crippen LogP contribution in [0.5, 0.6) is 0 Å². The highest BCUT2D eigenvalue weighted by Crippen LogP contribution is 2.34. The first-order chi connectivity index (χ1) is 13.5. The van der Waals surface area contributed by atoms with Gasteiger partial charge in [-0.05, 0) is 35.4 Å². The number of fused-ring (bicyclic) bond motifs is 3. The zero-order valence-electron chi connectivity index (χ0n) is 15.5. The molecule has 2 aromatic heterocycles. The maximum absolute atomic E-state index is 11.6. The lowest BCUT2D eigenvalue weighted by Gasteiger charge is -2.13. The Bertz CT molecular complexity index is 1180. The summed E-state index contributed by atoms with van der Waals surface area (Å²) in [5.74, 6) is -0.896. The summed E-state index contributed by atoms with van der Waals surface area (Å²) in [5.41, 5.74) is 4.62. The van der Waals surface area contributed by atoms with Crippen molar-refractivity contribution in [2.45, 2.75) is 19.4 Å². The first-order valence-electron chi connectivity index (χ1n) is 8.90. The number of aromatic nitrogens is 2. The van der Waals surface area contributed by atoms with E-state index in [-0.39, 0.29) is 18.2 Å². The smallest absolute Gasteiger partial charge is 0.354 e. The molecule has 6 heteroatoms. The van der Waals surface area contributed by atoms with E-state index in [1.807, 2.05) is 30.3 Å². The SMILES string of the molecule is COCc1c(C(=O)O)ncc2[nH]c3ccc(C(C)c4ccc(Cl)cc4)cc3c12. The van der Waals surface area contributed by atoms with Crippen molar-refractivity contribution in [3.63, 3.8) is 0 Å². The fourth-order valence-electron chi connectivity index (χ4n) is 3.66. The van der Waals surface area contributed by atoms with Gasteiger partial charge >= 0.3 is 5.97 Å². The predicted octanol–water partition coefficient (Wildman–Crippen LogP) is 5.37. The number of carboxylic acid groups (broad SMARTS) is 1. The number of H-pyrrole nitrogens is 1. The minimum atomic E-state index is -1.06. The lowest BCUT2D eigenvalue weighted by molar-refractivity contribution is 0.0685. The molecule has 0 aliphatic heterocycles. The van der Waals surface area contributed by atoms with Crippen LogP contribution in [0.25, 0.3) is 21.8 Å². The number of benzene rings is 2. The maximum Gasteiger partial charge on any atom is 0.354 e. The summed E-state index contributed by atoms with van der Waals surface area (Å²) in [6.07, 6.45) is 1.57. The van der Waals surface area contributed by atoms with E-state index in [0.717, 1.165) is 32.9 Å². The third-order valence-electron chi connectivity index (χ3n) is 5.12. The molecule has 142 valence electrons. The van der Waals surface area contributed by atoms with Crippen molar-refractivity contribution in [2.24, 2.45) is 0 Å². The molecule has 28 heavy (non-hydrogen) atoms. The summed E-state index contributed by atoms with van der Waals surface area (Å²) >= 11 is 6.01. The van der Waals surface area contributed by atoms with E-state index < -0.39 is 5.97 Å². The van der Waals surface area contributed by atoms with Crippen LogP contribution in [0.4, 0.5) is 0 Å². The molecular weight excluding hydrogens is 376 g/mol. The molecule has 2 aromatic carbocycles. The number of pyridine rings is 1. The number of hydrogen-bond donors (Lipinski definition) is 2. The minimum absolute atomic E-state index is 0.0198. The summed E-state index contributed by atoms with van der Waals surface area (Å²) in [4.78, 5) is 19.1. The molecule has 0 aliphatic carbocycles. The van der Waals surface area contributed by atoms with Crippen molar-refractivity contribution in [2.75, 3.05) is 7.11 Å². The number of aromatic carboxylic acids is 1. The van der Waals surface area contributed by atoms with Crippen LogP contribution >= 0.6 is 11.6 Å². The Kier molecular flexibility index (Phi) is 4.79. The summed E-state index contributed by atoms with van der Waals surface area (Å²) in [5, 5.41) is 12.1. The van der Waals surface area contributed by atoms with Crippen molar-refractivity contribution in [3.8, 4) is 0 Å². The number of carbonyl (C=O) groups is 1. The molecule has 0 radical (unpaired) electrons. The number of carboxylic acids is 1. The van der Waals surface area contributed by atoms with Crippen LogP contribution in [0.3, 0.4) is 0 Å². The molecule has 0 spiro atoms. The number of rotatable bonds is 5. The van der Waals surface area contributed by atoms with Gasteiger partial charge in [0, 0.05) is 39.9 Å². The molecule has 1 unspecified atom stereocenters. The van der Waals surface area contributed by atoms with Crippen molar-refractivity contribution in [3.05, 3.63) is 76.1 Å². The second-order valence-electron chi connectivity index (χ2n) is 6.82. The van der Waals surface area contributed by atoms with E-state index in [1.165, 1.54) is 0 Å². The zero-order valence-corrected chi connectivity index (χ0v) is 16.2. The Morgan fingerprint density at radius 3 is 2.57 bits per heavy atom. The first kappa shape index (κ1) is 18.5. The highest BCUT2D eigenvalue weighted by Gasteiger charge is 2.19. The molecule has 5 nitrogen and oxygen atoms in total. The van der Waals surface area contributed by atoms with Gasteiger partial charge < -0.3 is 14.8 Å². The second-order valence-corrected chi connectivity index (χ2v) is 7.25. The molecule has 1 atom stereocenters. The van der Waals surface area contributed by atoms with E-state index in [4.69, 9.17) is 16.3 Å². The number of nitrogens with zero attached hydrogens (tertiary/aromatic N) is 1. The predicted molar refractivity (Wildman–Crippen MR) is 110 cm³/mol. The van der Waals surface area contributed by atoms with Gasteiger partial charge in [0.1, 0.15) is 0 Å². The van der Waals surface area contributed by atoms with E-state index in [1.54, 1.807) is 13.3 Å². The van der Waals surface area contributed by atoms with Gasteiger partial charge in [-0.3, -0.25) is 0 Å². The second kappa shape index (κ2) is 7.26. The van der Waals surface area contributed by atoms with Gasteiger partial charge in [-0.1, -0.05) is 36.7 Å². The number of hydrogen-bond acceptors (Lipinski definition) is 3. The number of methoxy groups -OCH3 is 1. The maximum atomic E-state index is 11.6. The topological polar surface area (TPSA) is 75.2 Å². The van der Waals surface area contributed by atoms with Crippen molar-refractivity contribution in [1.82, 2.24) is 9.97 Å². The summed E-state index contributed by atoms with van der Waals surface area (Å²) < 4.78 is 5.27. The van der Waals surface area contributed by atoms with Crippen LogP contribution in [-0.4, -0.2) is 28.2 Å². The van der Waals surface area contributed by atoms with Crippen LogP contribution in [0, 0.1) is 0 Å². The van der Waals surface area contributed by atoms with E-state index in [0.29, 0.717) is 10.6 Å². The van der Waals surface area contributed by atoms with Gasteiger partial charge in [0.25, 0.3) is 0 Å². The lowest BCUT2D eigenvalue weighted by Crippen LogP contribution is -2.07. The Labute approximate surface area is 166 Å². The van der Waals surface area contributed by atoms with Crippen LogP contribution in [-0.2, 0) is 11.3 Å². The van der Waals surface area contributed by atoms with Gasteiger partial charge in [0.15, 0.2) is 5.69 Å². The number of halogens is 1. The van der Waals surface area contributed by atoms with Crippen molar-refractivity contribution < 1.29 is 14.6 Å². The van der Waals surface area contributed by atoms with Gasteiger partial charge in [-0.2, -0.15) is 0 Å². The average molecular weight is 395 g/mol. The zero-order chi connectivity index (χ0) is 19.8. The largest absolute Gasteiger partial charge is 0.477 e. The third kappa shape index (κ3) is 3.13. The molecule has 4 aromatic rings. The molecule has 0 amide bonds. The molecule has 4 rings (SSSR count). The molecule has 0 fully saturated rings. The number of nitrogens with one attached hydrogen (secondary N) is 1. The van der Waals surface area contributed by atoms with Crippen molar-refractivity contribution >= 4 is 39.4 Å². The molecule has 0 bridgehead atoms. The monoisotopic (exact) mass is 394 g/mol. The molecule has 0 saturated carbocycles. The van der Waals surface area contributed by atoms with Crippen LogP contribution in [0.15, 0.2) is 48.7 Å². The van der Waals surface area contributed by atoms with E-state index in [2.05, 4.69) is 29.0 Å². The number of ether oxygens (including phenoxy) is 1. The van der Waals surface area contributed by atoms with Crippen molar-refractivity contribution in [1.29, 1.82) is 0 Å². The van der Waals surface area contributed by atoms with Gasteiger partial charge in [-0.15, -0.1) is 0 Å². The highest BCUT2D eigenvalue weighted by molar-refractivity contribution is 6.30. The highest BCUT2D eigenvalue weighted by atomic mass is 35.5. The summed E-state index contributed by atoms with van der Waals surface area (Å²) in [6.45, 7) is 2.31. The Morgan fingerprint density at radius 2 is 1.89 bits per heavy atom. The fourth-order valence-corrected chi connectivity index (χ4v) is 3.79.